The smallest absolute Gasteiger partial charge is 0.307 e. The minimum atomic E-state index is -0.376. The van der Waals surface area contributed by atoms with E-state index < -0.39 is 0 Å². The normalized spacial score (nSPS) is 14.6. The van der Waals surface area contributed by atoms with Gasteiger partial charge < -0.3 is 19.1 Å². The van der Waals surface area contributed by atoms with E-state index in [9.17, 15) is 14.4 Å². The SMILES string of the molecule is CCOC(=O)CCN1C(=O)/C(=C\c2cc(Br)c(OCC(=O)N(CC)CC)c(OC)c2)SC1=S. The molecule has 33 heavy (non-hydrogen) atoms. The lowest BCUT2D eigenvalue weighted by Crippen LogP contribution is -2.34. The molecular formula is C22H27BrN2O6S2. The number of amides is 2. The van der Waals surface area contributed by atoms with E-state index in [0.29, 0.717) is 43.9 Å². The summed E-state index contributed by atoms with van der Waals surface area (Å²) in [5.74, 6) is 0.0521. The first-order valence-electron chi connectivity index (χ1n) is 10.4. The Bertz CT molecular complexity index is 949. The molecule has 8 nitrogen and oxygen atoms in total. The molecule has 2 amide bonds. The molecular weight excluding hydrogens is 532 g/mol. The summed E-state index contributed by atoms with van der Waals surface area (Å²) < 4.78 is 17.1. The van der Waals surface area contributed by atoms with Crippen LogP contribution < -0.4 is 9.47 Å². The lowest BCUT2D eigenvalue weighted by atomic mass is 10.2. The average molecular weight is 560 g/mol. The molecule has 1 aromatic carbocycles. The largest absolute Gasteiger partial charge is 0.493 e. The summed E-state index contributed by atoms with van der Waals surface area (Å²) in [6, 6.07) is 3.48. The molecule has 0 aliphatic carbocycles. The summed E-state index contributed by atoms with van der Waals surface area (Å²) in [6.07, 6.45) is 1.77. The third-order valence-corrected chi connectivity index (χ3v) is 6.69. The van der Waals surface area contributed by atoms with E-state index in [1.165, 1.54) is 23.8 Å². The molecule has 0 aromatic heterocycles. The van der Waals surface area contributed by atoms with Gasteiger partial charge in [-0.1, -0.05) is 24.0 Å². The second-order valence-electron chi connectivity index (χ2n) is 6.78. The maximum atomic E-state index is 12.8. The summed E-state index contributed by atoms with van der Waals surface area (Å²) in [6.45, 7) is 7.10. The Morgan fingerprint density at radius 3 is 2.55 bits per heavy atom. The zero-order valence-electron chi connectivity index (χ0n) is 19.0. The van der Waals surface area contributed by atoms with Gasteiger partial charge in [0.05, 0.1) is 29.5 Å². The van der Waals surface area contributed by atoms with Gasteiger partial charge >= 0.3 is 5.97 Å². The fourth-order valence-corrected chi connectivity index (χ4v) is 4.93. The molecule has 0 bridgehead atoms. The molecule has 180 valence electrons. The first-order chi connectivity index (χ1) is 15.7. The van der Waals surface area contributed by atoms with Crippen molar-refractivity contribution in [1.29, 1.82) is 0 Å². The second kappa shape index (κ2) is 13.0. The van der Waals surface area contributed by atoms with Crippen molar-refractivity contribution in [2.24, 2.45) is 0 Å². The monoisotopic (exact) mass is 558 g/mol. The van der Waals surface area contributed by atoms with Crippen molar-refractivity contribution < 1.29 is 28.6 Å². The van der Waals surface area contributed by atoms with E-state index >= 15 is 0 Å². The molecule has 0 N–H and O–H groups in total. The van der Waals surface area contributed by atoms with Gasteiger partial charge in [-0.05, 0) is 60.5 Å². The maximum Gasteiger partial charge on any atom is 0.307 e. The molecule has 0 atom stereocenters. The number of hydrogen-bond acceptors (Lipinski definition) is 8. The third-order valence-electron chi connectivity index (χ3n) is 4.72. The van der Waals surface area contributed by atoms with Crippen LogP contribution in [0.1, 0.15) is 32.8 Å². The first-order valence-corrected chi connectivity index (χ1v) is 12.5. The predicted octanol–water partition coefficient (Wildman–Crippen LogP) is 3.86. The Kier molecular flexibility index (Phi) is 10.6. The Hall–Kier alpha value is -2.11. The summed E-state index contributed by atoms with van der Waals surface area (Å²) in [5.41, 5.74) is 0.687. The molecule has 1 aliphatic rings. The number of halogens is 1. The number of thiocarbonyl (C=S) groups is 1. The van der Waals surface area contributed by atoms with Crippen LogP contribution in [0.5, 0.6) is 11.5 Å². The number of methoxy groups -OCH3 is 1. The zero-order valence-corrected chi connectivity index (χ0v) is 22.2. The highest BCUT2D eigenvalue weighted by Crippen LogP contribution is 2.39. The summed E-state index contributed by atoms with van der Waals surface area (Å²) >= 11 is 9.94. The Labute approximate surface area is 211 Å². The highest BCUT2D eigenvalue weighted by atomic mass is 79.9. The molecule has 1 fully saturated rings. The lowest BCUT2D eigenvalue weighted by molar-refractivity contribution is -0.143. The van der Waals surface area contributed by atoms with Crippen molar-refractivity contribution in [2.45, 2.75) is 27.2 Å². The standard InChI is InChI=1S/C22H27BrN2O6S2/c1-5-24(6-2)18(26)13-31-20-15(23)10-14(11-16(20)29-4)12-17-21(28)25(22(32)33-17)9-8-19(27)30-7-3/h10-12H,5-9,13H2,1-4H3/b17-12+. The van der Waals surface area contributed by atoms with Crippen molar-refractivity contribution in [3.8, 4) is 11.5 Å². The van der Waals surface area contributed by atoms with Gasteiger partial charge in [-0.15, -0.1) is 0 Å². The van der Waals surface area contributed by atoms with Gasteiger partial charge in [-0.2, -0.15) is 0 Å². The van der Waals surface area contributed by atoms with Crippen LogP contribution in [0.2, 0.25) is 0 Å². The molecule has 11 heteroatoms. The number of rotatable bonds is 11. The van der Waals surface area contributed by atoms with Gasteiger partial charge in [0.2, 0.25) is 0 Å². The van der Waals surface area contributed by atoms with Crippen molar-refractivity contribution in [2.75, 3.05) is 40.0 Å². The third kappa shape index (κ3) is 7.18. The molecule has 1 heterocycles. The molecule has 1 aromatic rings. The molecule has 0 unspecified atom stereocenters. The van der Waals surface area contributed by atoms with E-state index in [0.717, 1.165) is 0 Å². The molecule has 1 saturated heterocycles. The molecule has 0 saturated carbocycles. The van der Waals surface area contributed by atoms with Crippen LogP contribution in [0.15, 0.2) is 21.5 Å². The van der Waals surface area contributed by atoms with Gasteiger partial charge in [-0.3, -0.25) is 19.3 Å². The van der Waals surface area contributed by atoms with E-state index in [2.05, 4.69) is 15.9 Å². The van der Waals surface area contributed by atoms with E-state index in [4.69, 9.17) is 26.4 Å². The van der Waals surface area contributed by atoms with Gasteiger partial charge in [0.25, 0.3) is 11.8 Å². The number of carbonyl (C=O) groups excluding carboxylic acids is 3. The minimum Gasteiger partial charge on any atom is -0.493 e. The number of esters is 1. The topological polar surface area (TPSA) is 85.4 Å². The maximum absolute atomic E-state index is 12.8. The number of ether oxygens (including phenoxy) is 3. The van der Waals surface area contributed by atoms with Crippen LogP contribution in [0.25, 0.3) is 6.08 Å². The number of nitrogens with zero attached hydrogens (tertiary/aromatic N) is 2. The van der Waals surface area contributed by atoms with E-state index in [1.807, 2.05) is 13.8 Å². The van der Waals surface area contributed by atoms with E-state index in [1.54, 1.807) is 30.0 Å². The summed E-state index contributed by atoms with van der Waals surface area (Å²) in [4.78, 5) is 40.2. The molecule has 0 radical (unpaired) electrons. The van der Waals surface area contributed by atoms with Crippen LogP contribution in [0.3, 0.4) is 0 Å². The van der Waals surface area contributed by atoms with Crippen LogP contribution in [0, 0.1) is 0 Å². The quantitative estimate of drug-likeness (QED) is 0.230. The predicted molar refractivity (Wildman–Crippen MR) is 135 cm³/mol. The molecule has 1 aliphatic heterocycles. The number of thioether (sulfide) groups is 1. The van der Waals surface area contributed by atoms with Gasteiger partial charge in [0, 0.05) is 19.6 Å². The van der Waals surface area contributed by atoms with Crippen LogP contribution >= 0.6 is 39.9 Å². The average Bonchev–Trinajstić information content (AvgIpc) is 3.04. The Balaban J connectivity index is 2.17. The number of hydrogen-bond donors (Lipinski definition) is 0. The molecule has 2 rings (SSSR count). The van der Waals surface area contributed by atoms with Crippen molar-refractivity contribution in [3.05, 3.63) is 27.1 Å². The van der Waals surface area contributed by atoms with Crippen LogP contribution in [-0.2, 0) is 19.1 Å². The minimum absolute atomic E-state index is 0.0746. The zero-order chi connectivity index (χ0) is 24.5. The highest BCUT2D eigenvalue weighted by molar-refractivity contribution is 9.10. The number of carbonyl (C=O) groups is 3. The summed E-state index contributed by atoms with van der Waals surface area (Å²) in [7, 11) is 1.50. The van der Waals surface area contributed by atoms with Crippen molar-refractivity contribution in [1.82, 2.24) is 9.80 Å². The molecule has 0 spiro atoms. The van der Waals surface area contributed by atoms with Gasteiger partial charge in [-0.25, -0.2) is 0 Å². The van der Waals surface area contributed by atoms with Crippen molar-refractivity contribution in [3.63, 3.8) is 0 Å². The van der Waals surface area contributed by atoms with Crippen molar-refractivity contribution >= 4 is 68.1 Å². The number of benzene rings is 1. The van der Waals surface area contributed by atoms with Gasteiger partial charge in [0.15, 0.2) is 18.1 Å². The summed E-state index contributed by atoms with van der Waals surface area (Å²) in [5, 5.41) is 0. The van der Waals surface area contributed by atoms with Crippen LogP contribution in [0.4, 0.5) is 0 Å². The van der Waals surface area contributed by atoms with Gasteiger partial charge in [0.1, 0.15) is 4.32 Å². The Morgan fingerprint density at radius 2 is 1.94 bits per heavy atom. The van der Waals surface area contributed by atoms with Crippen LogP contribution in [-0.4, -0.2) is 71.9 Å². The first kappa shape index (κ1) is 27.1. The lowest BCUT2D eigenvalue weighted by Gasteiger charge is -2.20. The van der Waals surface area contributed by atoms with E-state index in [-0.39, 0.29) is 44.0 Å². The Morgan fingerprint density at radius 1 is 1.24 bits per heavy atom. The number of likely N-dealkylation sites (N-methyl/N-ethyl adjacent to an activating group) is 1. The second-order valence-corrected chi connectivity index (χ2v) is 9.31. The highest BCUT2D eigenvalue weighted by Gasteiger charge is 2.32. The fourth-order valence-electron chi connectivity index (χ4n) is 3.05. The fraction of sp³-hybridized carbons (Fsp3) is 0.455.